The van der Waals surface area contributed by atoms with Crippen LogP contribution in [0.15, 0.2) is 51.6 Å². The Morgan fingerprint density at radius 3 is 2.79 bits per heavy atom. The van der Waals surface area contributed by atoms with Gasteiger partial charge in [-0.25, -0.2) is 4.39 Å². The van der Waals surface area contributed by atoms with Crippen molar-refractivity contribution in [1.82, 2.24) is 10.1 Å². The van der Waals surface area contributed by atoms with Crippen molar-refractivity contribution in [1.29, 1.82) is 0 Å². The number of carbonyl (C=O) groups excluding carboxylic acids is 1. The van der Waals surface area contributed by atoms with Crippen LogP contribution in [0.5, 0.6) is 0 Å². The summed E-state index contributed by atoms with van der Waals surface area (Å²) in [5, 5.41) is 4.01. The van der Waals surface area contributed by atoms with Gasteiger partial charge in [0, 0.05) is 31.6 Å². The SMILES string of the molecule is CN(CCCCCc1cc(-c2cccc(F)c2)no1)C(=O)c1coc(CN)c1. The van der Waals surface area contributed by atoms with Crippen LogP contribution in [0, 0.1) is 5.82 Å². The van der Waals surface area contributed by atoms with Gasteiger partial charge in [0.1, 0.15) is 29.3 Å². The highest BCUT2D eigenvalue weighted by Crippen LogP contribution is 2.21. The van der Waals surface area contributed by atoms with Gasteiger partial charge in [0.25, 0.3) is 5.91 Å². The minimum Gasteiger partial charge on any atom is -0.467 e. The zero-order valence-corrected chi connectivity index (χ0v) is 15.9. The molecule has 0 atom stereocenters. The third-order valence-electron chi connectivity index (χ3n) is 4.54. The molecule has 0 aliphatic heterocycles. The Labute approximate surface area is 163 Å². The van der Waals surface area contributed by atoms with Crippen LogP contribution in [0.3, 0.4) is 0 Å². The lowest BCUT2D eigenvalue weighted by Crippen LogP contribution is -2.27. The summed E-state index contributed by atoms with van der Waals surface area (Å²) in [4.78, 5) is 14.0. The van der Waals surface area contributed by atoms with Crippen LogP contribution in [0.2, 0.25) is 0 Å². The molecule has 0 unspecified atom stereocenters. The zero-order chi connectivity index (χ0) is 19.9. The number of halogens is 1. The van der Waals surface area contributed by atoms with Gasteiger partial charge in [-0.15, -0.1) is 0 Å². The van der Waals surface area contributed by atoms with Crippen LogP contribution in [0.25, 0.3) is 11.3 Å². The molecule has 148 valence electrons. The molecule has 0 radical (unpaired) electrons. The van der Waals surface area contributed by atoms with Crippen molar-refractivity contribution in [2.75, 3.05) is 13.6 Å². The first-order valence-electron chi connectivity index (χ1n) is 9.31. The van der Waals surface area contributed by atoms with E-state index in [1.807, 2.05) is 6.07 Å². The molecule has 3 rings (SSSR count). The molecule has 3 aromatic rings. The molecule has 0 saturated carbocycles. The molecule has 0 bridgehead atoms. The quantitative estimate of drug-likeness (QED) is 0.562. The van der Waals surface area contributed by atoms with E-state index in [2.05, 4.69) is 5.16 Å². The molecule has 0 fully saturated rings. The maximum Gasteiger partial charge on any atom is 0.256 e. The summed E-state index contributed by atoms with van der Waals surface area (Å²) in [6, 6.07) is 9.81. The monoisotopic (exact) mass is 385 g/mol. The number of carbonyl (C=O) groups is 1. The predicted octanol–water partition coefficient (Wildman–Crippen LogP) is 4.02. The lowest BCUT2D eigenvalue weighted by molar-refractivity contribution is 0.0792. The van der Waals surface area contributed by atoms with E-state index < -0.39 is 0 Å². The summed E-state index contributed by atoms with van der Waals surface area (Å²) in [5.41, 5.74) is 7.35. The Morgan fingerprint density at radius 1 is 1.18 bits per heavy atom. The van der Waals surface area contributed by atoms with Gasteiger partial charge in [-0.2, -0.15) is 0 Å². The fraction of sp³-hybridized carbons (Fsp3) is 0.333. The third kappa shape index (κ3) is 5.07. The molecule has 1 aromatic carbocycles. The van der Waals surface area contributed by atoms with Gasteiger partial charge in [-0.05, 0) is 31.0 Å². The lowest BCUT2D eigenvalue weighted by Gasteiger charge is -2.15. The lowest BCUT2D eigenvalue weighted by atomic mass is 10.1. The molecule has 0 aliphatic rings. The number of rotatable bonds is 9. The number of amides is 1. The number of nitrogens with zero attached hydrogens (tertiary/aromatic N) is 2. The van der Waals surface area contributed by atoms with Gasteiger partial charge >= 0.3 is 0 Å². The van der Waals surface area contributed by atoms with Gasteiger partial charge in [0.2, 0.25) is 0 Å². The summed E-state index contributed by atoms with van der Waals surface area (Å²) >= 11 is 0. The third-order valence-corrected chi connectivity index (χ3v) is 4.54. The highest BCUT2D eigenvalue weighted by atomic mass is 19.1. The van der Waals surface area contributed by atoms with E-state index in [9.17, 15) is 9.18 Å². The van der Waals surface area contributed by atoms with E-state index in [0.717, 1.165) is 31.4 Å². The Bertz CT molecular complexity index is 919. The molecule has 28 heavy (non-hydrogen) atoms. The topological polar surface area (TPSA) is 85.5 Å². The zero-order valence-electron chi connectivity index (χ0n) is 15.9. The van der Waals surface area contributed by atoms with Gasteiger partial charge in [-0.3, -0.25) is 4.79 Å². The molecule has 2 aromatic heterocycles. The van der Waals surface area contributed by atoms with E-state index in [0.29, 0.717) is 29.1 Å². The second kappa shape index (κ2) is 9.32. The second-order valence-corrected chi connectivity index (χ2v) is 6.73. The minimum absolute atomic E-state index is 0.0709. The molecule has 2 N–H and O–H groups in total. The summed E-state index contributed by atoms with van der Waals surface area (Å²) in [5.74, 6) is 1.01. The number of hydrogen-bond acceptors (Lipinski definition) is 5. The van der Waals surface area contributed by atoms with Gasteiger partial charge in [0.15, 0.2) is 0 Å². The molecule has 0 aliphatic carbocycles. The fourth-order valence-corrected chi connectivity index (χ4v) is 2.96. The van der Waals surface area contributed by atoms with Crippen LogP contribution in [0.1, 0.15) is 41.1 Å². The molecule has 7 heteroatoms. The second-order valence-electron chi connectivity index (χ2n) is 6.73. The van der Waals surface area contributed by atoms with E-state index in [1.54, 1.807) is 30.1 Å². The van der Waals surface area contributed by atoms with Crippen molar-refractivity contribution in [2.24, 2.45) is 5.73 Å². The van der Waals surface area contributed by atoms with Gasteiger partial charge in [-0.1, -0.05) is 23.7 Å². The van der Waals surface area contributed by atoms with Gasteiger partial charge in [0.05, 0.1) is 12.1 Å². The van der Waals surface area contributed by atoms with Crippen molar-refractivity contribution >= 4 is 5.91 Å². The van der Waals surface area contributed by atoms with E-state index in [-0.39, 0.29) is 18.3 Å². The first-order chi connectivity index (χ1) is 13.6. The number of unbranched alkanes of at least 4 members (excludes halogenated alkanes) is 2. The Hall–Kier alpha value is -2.93. The average Bonchev–Trinajstić information content (AvgIpc) is 3.36. The smallest absolute Gasteiger partial charge is 0.256 e. The largest absolute Gasteiger partial charge is 0.467 e. The van der Waals surface area contributed by atoms with Crippen molar-refractivity contribution in [3.05, 3.63) is 65.6 Å². The fourth-order valence-electron chi connectivity index (χ4n) is 2.96. The Balaban J connectivity index is 1.39. The maximum atomic E-state index is 13.3. The maximum absolute atomic E-state index is 13.3. The van der Waals surface area contributed by atoms with Gasteiger partial charge < -0.3 is 19.6 Å². The highest BCUT2D eigenvalue weighted by molar-refractivity contribution is 5.93. The minimum atomic E-state index is -0.296. The molecule has 6 nitrogen and oxygen atoms in total. The van der Waals surface area contributed by atoms with Crippen molar-refractivity contribution < 1.29 is 18.1 Å². The summed E-state index contributed by atoms with van der Waals surface area (Å²) in [6.07, 6.45) is 4.95. The van der Waals surface area contributed by atoms with Crippen LogP contribution < -0.4 is 5.73 Å². The van der Waals surface area contributed by atoms with Crippen molar-refractivity contribution in [3.8, 4) is 11.3 Å². The van der Waals surface area contributed by atoms with Crippen molar-refractivity contribution in [3.63, 3.8) is 0 Å². The van der Waals surface area contributed by atoms with Crippen LogP contribution >= 0.6 is 0 Å². The normalized spacial score (nSPS) is 11.0. The van der Waals surface area contributed by atoms with E-state index in [4.69, 9.17) is 14.7 Å². The molecule has 2 heterocycles. The van der Waals surface area contributed by atoms with E-state index in [1.165, 1.54) is 18.4 Å². The summed E-state index contributed by atoms with van der Waals surface area (Å²) in [6.45, 7) is 0.937. The van der Waals surface area contributed by atoms with Crippen LogP contribution in [0.4, 0.5) is 4.39 Å². The first kappa shape index (κ1) is 19.8. The number of aromatic nitrogens is 1. The van der Waals surface area contributed by atoms with Crippen LogP contribution in [-0.4, -0.2) is 29.6 Å². The molecular formula is C21H24FN3O3. The number of benzene rings is 1. The molecule has 0 saturated heterocycles. The van der Waals surface area contributed by atoms with E-state index >= 15 is 0 Å². The first-order valence-corrected chi connectivity index (χ1v) is 9.31. The molecule has 1 amide bonds. The summed E-state index contributed by atoms with van der Waals surface area (Å²) in [7, 11) is 1.78. The number of aryl methyl sites for hydroxylation is 1. The van der Waals surface area contributed by atoms with Crippen LogP contribution in [-0.2, 0) is 13.0 Å². The predicted molar refractivity (Wildman–Crippen MR) is 103 cm³/mol. The molecular weight excluding hydrogens is 361 g/mol. The average molecular weight is 385 g/mol. The molecule has 0 spiro atoms. The standard InChI is InChI=1S/C21H24FN3O3/c1-25(21(26)16-11-19(13-23)27-14-16)9-4-2-3-8-18-12-20(24-28-18)15-6-5-7-17(22)10-15/h5-7,10-12,14H,2-4,8-9,13,23H2,1H3. The number of hydrogen-bond donors (Lipinski definition) is 1. The van der Waals surface area contributed by atoms with Crippen molar-refractivity contribution in [2.45, 2.75) is 32.2 Å². The number of nitrogens with two attached hydrogens (primary N) is 1. The highest BCUT2D eigenvalue weighted by Gasteiger charge is 2.14. The number of furan rings is 1. The summed E-state index contributed by atoms with van der Waals surface area (Å²) < 4.78 is 23.8. The Morgan fingerprint density at radius 2 is 2.04 bits per heavy atom. The Kier molecular flexibility index (Phi) is 6.60.